The van der Waals surface area contributed by atoms with Gasteiger partial charge in [-0.1, -0.05) is 56.0 Å². The van der Waals surface area contributed by atoms with Crippen LogP contribution in [0.2, 0.25) is 0 Å². The van der Waals surface area contributed by atoms with Crippen molar-refractivity contribution >= 4 is 11.9 Å². The molecule has 0 amide bonds. The molecule has 0 unspecified atom stereocenters. The van der Waals surface area contributed by atoms with Gasteiger partial charge in [0.25, 0.3) is 0 Å². The maximum absolute atomic E-state index is 10.2. The highest BCUT2D eigenvalue weighted by Gasteiger charge is 2.15. The van der Waals surface area contributed by atoms with Crippen molar-refractivity contribution in [2.45, 2.75) is 51.4 Å². The van der Waals surface area contributed by atoms with Crippen molar-refractivity contribution in [1.82, 2.24) is 0 Å². The van der Waals surface area contributed by atoms with Crippen molar-refractivity contribution in [1.29, 1.82) is 0 Å². The Morgan fingerprint density at radius 1 is 0.952 bits per heavy atom. The predicted octanol–water partition coefficient (Wildman–Crippen LogP) is 3.75. The lowest BCUT2D eigenvalue weighted by molar-refractivity contribution is -0.138. The summed E-state index contributed by atoms with van der Waals surface area (Å²) in [7, 11) is 0. The molecule has 0 saturated heterocycles. The van der Waals surface area contributed by atoms with Gasteiger partial charge in [0, 0.05) is 12.8 Å². The number of aryl methyl sites for hydroxylation is 1. The second-order valence-corrected chi connectivity index (χ2v) is 5.46. The average Bonchev–Trinajstić information content (AvgIpc) is 2.98. The highest BCUT2D eigenvalue weighted by atomic mass is 16.4. The van der Waals surface area contributed by atoms with E-state index >= 15 is 0 Å². The lowest BCUT2D eigenvalue weighted by Gasteiger charge is -2.04. The van der Waals surface area contributed by atoms with E-state index in [1.807, 2.05) is 30.3 Å². The second-order valence-electron chi connectivity index (χ2n) is 5.46. The van der Waals surface area contributed by atoms with Crippen molar-refractivity contribution < 1.29 is 19.8 Å². The van der Waals surface area contributed by atoms with Crippen LogP contribution in [0.3, 0.4) is 0 Å². The Morgan fingerprint density at radius 2 is 1.52 bits per heavy atom. The fourth-order valence-electron chi connectivity index (χ4n) is 2.52. The monoisotopic (exact) mass is 292 g/mol. The van der Waals surface area contributed by atoms with Gasteiger partial charge in [-0.05, 0) is 24.3 Å². The van der Waals surface area contributed by atoms with E-state index in [0.29, 0.717) is 12.8 Å². The second kappa shape index (κ2) is 9.97. The predicted molar refractivity (Wildman–Crippen MR) is 81.2 cm³/mol. The molecule has 2 rings (SSSR count). The summed E-state index contributed by atoms with van der Waals surface area (Å²) in [5.41, 5.74) is 1.08. The smallest absolute Gasteiger partial charge is 0.303 e. The van der Waals surface area contributed by atoms with Gasteiger partial charge in [0.2, 0.25) is 0 Å². The molecule has 116 valence electrons. The van der Waals surface area contributed by atoms with Crippen molar-refractivity contribution in [2.24, 2.45) is 5.92 Å². The van der Waals surface area contributed by atoms with E-state index in [1.54, 1.807) is 0 Å². The summed E-state index contributed by atoms with van der Waals surface area (Å²) < 4.78 is 0. The van der Waals surface area contributed by atoms with E-state index in [-0.39, 0.29) is 6.42 Å². The van der Waals surface area contributed by atoms with E-state index in [9.17, 15) is 9.59 Å². The number of rotatable bonds is 6. The zero-order valence-corrected chi connectivity index (χ0v) is 12.3. The molecule has 0 atom stereocenters. The first kappa shape index (κ1) is 17.2. The molecule has 1 aromatic rings. The van der Waals surface area contributed by atoms with Gasteiger partial charge in [-0.3, -0.25) is 9.59 Å². The summed E-state index contributed by atoms with van der Waals surface area (Å²) in [5, 5.41) is 16.7. The van der Waals surface area contributed by atoms with Crippen molar-refractivity contribution in [3.63, 3.8) is 0 Å². The molecule has 1 aliphatic carbocycles. The number of benzene rings is 1. The van der Waals surface area contributed by atoms with Crippen LogP contribution in [0.1, 0.15) is 50.5 Å². The zero-order chi connectivity index (χ0) is 15.5. The van der Waals surface area contributed by atoms with Crippen LogP contribution >= 0.6 is 0 Å². The van der Waals surface area contributed by atoms with Gasteiger partial charge in [0.15, 0.2) is 0 Å². The van der Waals surface area contributed by atoms with Crippen LogP contribution in [-0.4, -0.2) is 22.2 Å². The van der Waals surface area contributed by atoms with Gasteiger partial charge in [-0.2, -0.15) is 0 Å². The third-order valence-electron chi connectivity index (χ3n) is 3.71. The molecule has 0 spiro atoms. The van der Waals surface area contributed by atoms with E-state index < -0.39 is 11.9 Å². The number of hydrogen-bond acceptors (Lipinski definition) is 2. The fourth-order valence-corrected chi connectivity index (χ4v) is 2.52. The first-order valence-electron chi connectivity index (χ1n) is 7.55. The molecule has 1 aliphatic rings. The number of carboxylic acids is 2. The third-order valence-corrected chi connectivity index (χ3v) is 3.71. The first-order chi connectivity index (χ1) is 10.1. The standard InChI is InChI=1S/C9H10O2.C8H14O2/c10-9(11)7-6-8-4-2-1-3-5-8;9-8(10)6-5-7-3-1-2-4-7/h1-5H,6-7H2,(H,10,11);7H,1-6H2,(H,9,10). The summed E-state index contributed by atoms with van der Waals surface area (Å²) >= 11 is 0. The molecule has 0 radical (unpaired) electrons. The highest BCUT2D eigenvalue weighted by Crippen LogP contribution is 2.28. The van der Waals surface area contributed by atoms with Crippen molar-refractivity contribution in [3.8, 4) is 0 Å². The molecule has 0 bridgehead atoms. The van der Waals surface area contributed by atoms with Gasteiger partial charge in [-0.15, -0.1) is 0 Å². The zero-order valence-electron chi connectivity index (χ0n) is 12.3. The molecule has 4 nitrogen and oxygen atoms in total. The average molecular weight is 292 g/mol. The van der Waals surface area contributed by atoms with Crippen LogP contribution in [-0.2, 0) is 16.0 Å². The highest BCUT2D eigenvalue weighted by molar-refractivity contribution is 5.67. The topological polar surface area (TPSA) is 74.6 Å². The third kappa shape index (κ3) is 8.84. The van der Waals surface area contributed by atoms with E-state index in [1.165, 1.54) is 25.7 Å². The SMILES string of the molecule is O=C(O)CCC1CCCC1.O=C(O)CCc1ccccc1. The van der Waals surface area contributed by atoms with Crippen LogP contribution in [0.15, 0.2) is 30.3 Å². The summed E-state index contributed by atoms with van der Waals surface area (Å²) in [6.07, 6.45) is 7.23. The van der Waals surface area contributed by atoms with Crippen LogP contribution in [0.5, 0.6) is 0 Å². The Hall–Kier alpha value is -1.84. The Labute approximate surface area is 125 Å². The number of hydrogen-bond donors (Lipinski definition) is 2. The maximum Gasteiger partial charge on any atom is 0.303 e. The lowest BCUT2D eigenvalue weighted by atomic mass is 10.0. The molecule has 1 saturated carbocycles. The molecule has 4 heteroatoms. The minimum atomic E-state index is -0.742. The molecule has 0 heterocycles. The van der Waals surface area contributed by atoms with Crippen LogP contribution in [0.4, 0.5) is 0 Å². The van der Waals surface area contributed by atoms with Gasteiger partial charge < -0.3 is 10.2 Å². The molecule has 1 aromatic carbocycles. The Morgan fingerprint density at radius 3 is 2.05 bits per heavy atom. The largest absolute Gasteiger partial charge is 0.481 e. The van der Waals surface area contributed by atoms with Crippen molar-refractivity contribution in [2.75, 3.05) is 0 Å². The maximum atomic E-state index is 10.2. The Balaban J connectivity index is 0.000000211. The minimum Gasteiger partial charge on any atom is -0.481 e. The molecular weight excluding hydrogens is 268 g/mol. The van der Waals surface area contributed by atoms with Crippen LogP contribution in [0.25, 0.3) is 0 Å². The minimum absolute atomic E-state index is 0.212. The Kier molecular flexibility index (Phi) is 8.17. The van der Waals surface area contributed by atoms with Crippen LogP contribution in [0, 0.1) is 5.92 Å². The lowest BCUT2D eigenvalue weighted by Crippen LogP contribution is -1.99. The number of aliphatic carboxylic acids is 2. The van der Waals surface area contributed by atoms with Gasteiger partial charge >= 0.3 is 11.9 Å². The molecule has 21 heavy (non-hydrogen) atoms. The normalized spacial score (nSPS) is 14.3. The van der Waals surface area contributed by atoms with E-state index in [4.69, 9.17) is 10.2 Å². The van der Waals surface area contributed by atoms with Gasteiger partial charge in [0.05, 0.1) is 0 Å². The molecule has 0 aromatic heterocycles. The summed E-state index contributed by atoms with van der Waals surface area (Å²) in [5.74, 6) is -0.670. The molecule has 2 N–H and O–H groups in total. The fraction of sp³-hybridized carbons (Fsp3) is 0.529. The number of carbonyl (C=O) groups is 2. The molecule has 1 fully saturated rings. The first-order valence-corrected chi connectivity index (χ1v) is 7.55. The quantitative estimate of drug-likeness (QED) is 0.837. The van der Waals surface area contributed by atoms with Gasteiger partial charge in [0.1, 0.15) is 0 Å². The summed E-state index contributed by atoms with van der Waals surface area (Å²) in [6.45, 7) is 0. The molecular formula is C17H24O4. The van der Waals surface area contributed by atoms with Crippen molar-refractivity contribution in [3.05, 3.63) is 35.9 Å². The number of carboxylic acid groups (broad SMARTS) is 2. The van der Waals surface area contributed by atoms with Gasteiger partial charge in [-0.25, -0.2) is 0 Å². The summed E-state index contributed by atoms with van der Waals surface area (Å²) in [6, 6.07) is 9.62. The Bertz CT molecular complexity index is 422. The summed E-state index contributed by atoms with van der Waals surface area (Å²) in [4.78, 5) is 20.3. The van der Waals surface area contributed by atoms with E-state index in [2.05, 4.69) is 0 Å². The molecule has 0 aliphatic heterocycles. The van der Waals surface area contributed by atoms with Crippen LogP contribution < -0.4 is 0 Å². The van der Waals surface area contributed by atoms with E-state index in [0.717, 1.165) is 17.9 Å².